The van der Waals surface area contributed by atoms with E-state index in [1.807, 2.05) is 62.4 Å². The summed E-state index contributed by atoms with van der Waals surface area (Å²) >= 11 is 6.14. The summed E-state index contributed by atoms with van der Waals surface area (Å²) in [6, 6.07) is 21.3. The zero-order valence-electron chi connectivity index (χ0n) is 19.6. The van der Waals surface area contributed by atoms with Crippen LogP contribution in [0, 0.1) is 13.8 Å². The molecule has 1 heterocycles. The van der Waals surface area contributed by atoms with Crippen molar-refractivity contribution in [2.75, 3.05) is 10.7 Å². The van der Waals surface area contributed by atoms with Crippen LogP contribution < -0.4 is 16.1 Å². The van der Waals surface area contributed by atoms with Gasteiger partial charge in [-0.3, -0.25) is 19.8 Å². The lowest BCUT2D eigenvalue weighted by atomic mass is 10.1. The van der Waals surface area contributed by atoms with Crippen LogP contribution in [0.4, 0.5) is 5.69 Å². The number of hydrogen-bond acceptors (Lipinski definition) is 3. The molecule has 0 fully saturated rings. The predicted octanol–water partition coefficient (Wildman–Crippen LogP) is 5.11. The standard InChI is InChI=1S/C27H25ClN4O3/c1-16-8-7-9-17(2)24(16)30-25(33)23-15-20-14-21(28)12-13-22(20)32(23)31-27(35)26(34)29-18(3)19-10-5-4-6-11-19/h4-15,18H,1-3H3,(H,29,34)(H,30,33)(H,31,35)/t18-/m1/s1. The lowest BCUT2D eigenvalue weighted by Gasteiger charge is -2.16. The van der Waals surface area contributed by atoms with Gasteiger partial charge in [0, 0.05) is 16.1 Å². The van der Waals surface area contributed by atoms with Crippen LogP contribution in [0.2, 0.25) is 5.02 Å². The van der Waals surface area contributed by atoms with E-state index in [0.29, 0.717) is 21.6 Å². The van der Waals surface area contributed by atoms with Crippen LogP contribution in [0.5, 0.6) is 0 Å². The Morgan fingerprint density at radius 1 is 0.857 bits per heavy atom. The number of benzene rings is 3. The Bertz CT molecular complexity index is 1410. The number of anilines is 1. The van der Waals surface area contributed by atoms with Gasteiger partial charge in [0.25, 0.3) is 5.91 Å². The Hall–Kier alpha value is -4.10. The largest absolute Gasteiger partial charge is 0.341 e. The van der Waals surface area contributed by atoms with Crippen LogP contribution in [0.25, 0.3) is 10.9 Å². The van der Waals surface area contributed by atoms with Gasteiger partial charge in [0.15, 0.2) is 0 Å². The van der Waals surface area contributed by atoms with E-state index in [0.717, 1.165) is 16.7 Å². The van der Waals surface area contributed by atoms with Crippen molar-refractivity contribution in [3.8, 4) is 0 Å². The summed E-state index contributed by atoms with van der Waals surface area (Å²) in [5.41, 5.74) is 6.61. The molecule has 0 saturated carbocycles. The summed E-state index contributed by atoms with van der Waals surface area (Å²) in [5, 5.41) is 6.73. The molecule has 4 aromatic rings. The van der Waals surface area contributed by atoms with E-state index in [1.165, 1.54) is 4.68 Å². The Labute approximate surface area is 208 Å². The molecule has 0 aliphatic carbocycles. The number of hydrogen-bond donors (Lipinski definition) is 3. The van der Waals surface area contributed by atoms with E-state index in [4.69, 9.17) is 11.6 Å². The van der Waals surface area contributed by atoms with E-state index in [1.54, 1.807) is 31.2 Å². The molecule has 3 amide bonds. The second kappa shape index (κ2) is 10.0. The molecular formula is C27H25ClN4O3. The molecule has 178 valence electrons. The number of aromatic nitrogens is 1. The monoisotopic (exact) mass is 488 g/mol. The highest BCUT2D eigenvalue weighted by Crippen LogP contribution is 2.25. The molecule has 0 radical (unpaired) electrons. The van der Waals surface area contributed by atoms with Crippen molar-refractivity contribution in [1.82, 2.24) is 9.99 Å². The summed E-state index contributed by atoms with van der Waals surface area (Å²) in [7, 11) is 0. The maximum Gasteiger partial charge on any atom is 0.328 e. The summed E-state index contributed by atoms with van der Waals surface area (Å²) in [6.07, 6.45) is 0. The topological polar surface area (TPSA) is 92.2 Å². The van der Waals surface area contributed by atoms with Gasteiger partial charge in [0.05, 0.1) is 11.6 Å². The third-order valence-electron chi connectivity index (χ3n) is 5.78. The van der Waals surface area contributed by atoms with Gasteiger partial charge in [0.1, 0.15) is 5.69 Å². The predicted molar refractivity (Wildman–Crippen MR) is 138 cm³/mol. The zero-order chi connectivity index (χ0) is 25.1. The fraction of sp³-hybridized carbons (Fsp3) is 0.148. The summed E-state index contributed by atoms with van der Waals surface area (Å²) < 4.78 is 1.31. The van der Waals surface area contributed by atoms with E-state index >= 15 is 0 Å². The molecule has 0 bridgehead atoms. The minimum absolute atomic E-state index is 0.155. The molecule has 1 atom stereocenters. The molecule has 4 rings (SSSR count). The molecule has 1 aromatic heterocycles. The summed E-state index contributed by atoms with van der Waals surface area (Å²) in [4.78, 5) is 38.8. The second-order valence-electron chi connectivity index (χ2n) is 8.34. The Kier molecular flexibility index (Phi) is 6.89. The Morgan fingerprint density at radius 3 is 2.23 bits per heavy atom. The molecular weight excluding hydrogens is 464 g/mol. The average Bonchev–Trinajstić information content (AvgIpc) is 3.19. The highest BCUT2D eigenvalue weighted by Gasteiger charge is 2.23. The number of fused-ring (bicyclic) bond motifs is 1. The average molecular weight is 489 g/mol. The van der Waals surface area contributed by atoms with Crippen LogP contribution in [0.3, 0.4) is 0 Å². The van der Waals surface area contributed by atoms with Gasteiger partial charge in [0.2, 0.25) is 0 Å². The molecule has 0 spiro atoms. The van der Waals surface area contributed by atoms with Gasteiger partial charge in [-0.05, 0) is 61.7 Å². The number of nitrogens with zero attached hydrogens (tertiary/aromatic N) is 1. The lowest BCUT2D eigenvalue weighted by molar-refractivity contribution is -0.137. The number of carbonyl (C=O) groups excluding carboxylic acids is 3. The van der Waals surface area contributed by atoms with E-state index in [9.17, 15) is 14.4 Å². The molecule has 7 nitrogen and oxygen atoms in total. The molecule has 3 aromatic carbocycles. The quantitative estimate of drug-likeness (QED) is 0.341. The molecule has 3 N–H and O–H groups in total. The minimum Gasteiger partial charge on any atom is -0.341 e. The van der Waals surface area contributed by atoms with Gasteiger partial charge in [-0.15, -0.1) is 0 Å². The highest BCUT2D eigenvalue weighted by molar-refractivity contribution is 6.38. The first-order valence-electron chi connectivity index (χ1n) is 11.1. The first-order chi connectivity index (χ1) is 16.7. The normalized spacial score (nSPS) is 11.7. The molecule has 0 unspecified atom stereocenters. The van der Waals surface area contributed by atoms with Crippen LogP contribution >= 0.6 is 11.6 Å². The van der Waals surface area contributed by atoms with Gasteiger partial charge in [-0.25, -0.2) is 4.68 Å². The zero-order valence-corrected chi connectivity index (χ0v) is 20.3. The van der Waals surface area contributed by atoms with Crippen molar-refractivity contribution >= 4 is 45.9 Å². The fourth-order valence-electron chi connectivity index (χ4n) is 3.90. The lowest BCUT2D eigenvalue weighted by Crippen LogP contribution is -2.40. The van der Waals surface area contributed by atoms with E-state index in [2.05, 4.69) is 16.1 Å². The summed E-state index contributed by atoms with van der Waals surface area (Å²) in [5.74, 6) is -2.16. The number of nitrogens with one attached hydrogen (secondary N) is 3. The van der Waals surface area contributed by atoms with Crippen molar-refractivity contribution in [3.05, 3.63) is 100 Å². The van der Waals surface area contributed by atoms with E-state index in [-0.39, 0.29) is 11.7 Å². The SMILES string of the molecule is Cc1cccc(C)c1NC(=O)c1cc2cc(Cl)ccc2n1NC(=O)C(=O)N[C@H](C)c1ccccc1. The Morgan fingerprint density at radius 2 is 1.54 bits per heavy atom. The van der Waals surface area contributed by atoms with Crippen LogP contribution in [-0.4, -0.2) is 22.4 Å². The van der Waals surface area contributed by atoms with Gasteiger partial charge in [-0.1, -0.05) is 60.1 Å². The van der Waals surface area contributed by atoms with Crippen LogP contribution in [0.1, 0.15) is 40.1 Å². The number of para-hydroxylation sites is 1. The number of carbonyl (C=O) groups is 3. The number of halogens is 1. The first-order valence-corrected chi connectivity index (χ1v) is 11.5. The van der Waals surface area contributed by atoms with Gasteiger partial charge in [-0.2, -0.15) is 0 Å². The van der Waals surface area contributed by atoms with Gasteiger partial charge < -0.3 is 10.6 Å². The van der Waals surface area contributed by atoms with Crippen molar-refractivity contribution < 1.29 is 14.4 Å². The Balaban J connectivity index is 1.62. The number of rotatable bonds is 5. The van der Waals surface area contributed by atoms with Crippen LogP contribution in [-0.2, 0) is 9.59 Å². The summed E-state index contributed by atoms with van der Waals surface area (Å²) in [6.45, 7) is 5.59. The van der Waals surface area contributed by atoms with Gasteiger partial charge >= 0.3 is 11.8 Å². The number of aryl methyl sites for hydroxylation is 2. The molecule has 0 saturated heterocycles. The fourth-order valence-corrected chi connectivity index (χ4v) is 4.08. The maximum atomic E-state index is 13.3. The van der Waals surface area contributed by atoms with Crippen molar-refractivity contribution in [2.24, 2.45) is 0 Å². The second-order valence-corrected chi connectivity index (χ2v) is 8.77. The molecule has 35 heavy (non-hydrogen) atoms. The van der Waals surface area contributed by atoms with Crippen molar-refractivity contribution in [1.29, 1.82) is 0 Å². The molecule has 0 aliphatic heterocycles. The smallest absolute Gasteiger partial charge is 0.328 e. The highest BCUT2D eigenvalue weighted by atomic mass is 35.5. The van der Waals surface area contributed by atoms with E-state index < -0.39 is 17.7 Å². The minimum atomic E-state index is -0.902. The first kappa shape index (κ1) is 24.0. The third-order valence-corrected chi connectivity index (χ3v) is 6.02. The molecule has 0 aliphatic rings. The van der Waals surface area contributed by atoms with Crippen LogP contribution in [0.15, 0.2) is 72.8 Å². The maximum absolute atomic E-state index is 13.3. The molecule has 8 heteroatoms. The number of amides is 3. The third kappa shape index (κ3) is 5.20. The van der Waals surface area contributed by atoms with Crippen molar-refractivity contribution in [3.63, 3.8) is 0 Å². The van der Waals surface area contributed by atoms with Crippen molar-refractivity contribution in [2.45, 2.75) is 26.8 Å².